The molecule has 5 aromatic carbocycles. The number of benzene rings is 5. The smallest absolute Gasteiger partial charge is 0.234 e. The van der Waals surface area contributed by atoms with E-state index in [-0.39, 0.29) is 17.5 Å². The molecule has 0 saturated heterocycles. The fourth-order valence-corrected chi connectivity index (χ4v) is 7.83. The molecule has 0 aliphatic carbocycles. The first-order valence-electron chi connectivity index (χ1n) is 13.3. The van der Waals surface area contributed by atoms with Gasteiger partial charge in [-0.2, -0.15) is 0 Å². The Morgan fingerprint density at radius 1 is 0.810 bits per heavy atom. The number of anilines is 1. The fourth-order valence-electron chi connectivity index (χ4n) is 4.89. The zero-order valence-corrected chi connectivity index (χ0v) is 24.6. The van der Waals surface area contributed by atoms with Crippen molar-refractivity contribution in [1.82, 2.24) is 14.5 Å². The number of amides is 1. The Bertz CT molecular complexity index is 2070. The largest absolute Gasteiger partial charge is 0.325 e. The van der Waals surface area contributed by atoms with E-state index < -0.39 is 0 Å². The summed E-state index contributed by atoms with van der Waals surface area (Å²) >= 11 is 4.63. The number of carbonyl (C=O) groups is 1. The number of para-hydroxylation sites is 3. The summed E-state index contributed by atoms with van der Waals surface area (Å²) in [5, 5.41) is 5.36. The molecular weight excluding hydrogens is 584 g/mol. The van der Waals surface area contributed by atoms with Crippen molar-refractivity contribution in [2.75, 3.05) is 11.1 Å². The molecule has 2 heterocycles. The van der Waals surface area contributed by atoms with E-state index in [0.717, 1.165) is 53.1 Å². The van der Waals surface area contributed by atoms with E-state index in [1.807, 2.05) is 103 Å². The number of fused-ring (bicyclic) bond motifs is 3. The van der Waals surface area contributed by atoms with Gasteiger partial charge in [0.2, 0.25) is 5.91 Å². The van der Waals surface area contributed by atoms with Crippen molar-refractivity contribution in [3.05, 3.63) is 121 Å². The molecule has 0 radical (unpaired) electrons. The van der Waals surface area contributed by atoms with E-state index in [0.29, 0.717) is 11.1 Å². The summed E-state index contributed by atoms with van der Waals surface area (Å²) in [5.74, 6) is 0.606. The van der Waals surface area contributed by atoms with Gasteiger partial charge in [-0.15, -0.1) is 11.3 Å². The highest BCUT2D eigenvalue weighted by atomic mass is 32.2. The van der Waals surface area contributed by atoms with Crippen LogP contribution in [0.15, 0.2) is 119 Å². The second-order valence-electron chi connectivity index (χ2n) is 9.59. The molecule has 7 aromatic rings. The summed E-state index contributed by atoms with van der Waals surface area (Å²) < 4.78 is 18.2. The molecular formula is C33H23FN4OS3. The summed E-state index contributed by atoms with van der Waals surface area (Å²) in [6.45, 7) is 0. The van der Waals surface area contributed by atoms with Crippen LogP contribution >= 0.6 is 34.9 Å². The highest BCUT2D eigenvalue weighted by molar-refractivity contribution is 8.00. The van der Waals surface area contributed by atoms with Crippen LogP contribution in [0.2, 0.25) is 0 Å². The molecule has 0 bridgehead atoms. The molecule has 0 fully saturated rings. The maximum absolute atomic E-state index is 14.2. The molecule has 0 atom stereocenters. The Morgan fingerprint density at radius 2 is 1.60 bits per heavy atom. The molecule has 42 heavy (non-hydrogen) atoms. The van der Waals surface area contributed by atoms with Gasteiger partial charge in [-0.1, -0.05) is 84.2 Å². The Kier molecular flexibility index (Phi) is 7.37. The lowest BCUT2D eigenvalue weighted by atomic mass is 10.1. The third-order valence-corrected chi connectivity index (χ3v) is 9.99. The highest BCUT2D eigenvalue weighted by Crippen LogP contribution is 2.35. The van der Waals surface area contributed by atoms with Crippen LogP contribution in [0.1, 0.15) is 5.56 Å². The third-order valence-electron chi connectivity index (χ3n) is 6.84. The molecule has 0 unspecified atom stereocenters. The molecule has 5 nitrogen and oxygen atoms in total. The van der Waals surface area contributed by atoms with E-state index in [9.17, 15) is 9.18 Å². The number of thioether (sulfide) groups is 2. The van der Waals surface area contributed by atoms with Crippen LogP contribution in [0.25, 0.3) is 37.7 Å². The van der Waals surface area contributed by atoms with Gasteiger partial charge in [0.25, 0.3) is 0 Å². The van der Waals surface area contributed by atoms with Crippen LogP contribution < -0.4 is 5.32 Å². The van der Waals surface area contributed by atoms with E-state index in [1.165, 1.54) is 17.8 Å². The molecule has 1 amide bonds. The van der Waals surface area contributed by atoms with Gasteiger partial charge in [0, 0.05) is 22.5 Å². The van der Waals surface area contributed by atoms with Gasteiger partial charge in [-0.3, -0.25) is 9.36 Å². The Morgan fingerprint density at radius 3 is 2.48 bits per heavy atom. The molecule has 9 heteroatoms. The lowest BCUT2D eigenvalue weighted by Crippen LogP contribution is -2.14. The van der Waals surface area contributed by atoms with Gasteiger partial charge < -0.3 is 5.32 Å². The average molecular weight is 607 g/mol. The lowest BCUT2D eigenvalue weighted by molar-refractivity contribution is -0.113. The first-order chi connectivity index (χ1) is 20.6. The maximum atomic E-state index is 14.2. The van der Waals surface area contributed by atoms with Gasteiger partial charge in [-0.25, -0.2) is 14.4 Å². The number of thiazole rings is 1. The lowest BCUT2D eigenvalue weighted by Gasteiger charge is -2.09. The van der Waals surface area contributed by atoms with Crippen molar-refractivity contribution in [2.45, 2.75) is 15.2 Å². The van der Waals surface area contributed by atoms with Crippen LogP contribution in [0.3, 0.4) is 0 Å². The SMILES string of the molecule is O=C(CSc1nc2ccccc2n1-c1ccccc1)Nc1ccc2nc(SCc3ccc(F)c4ccccc34)sc2c1. The fraction of sp³-hybridized carbons (Fsp3) is 0.0606. The summed E-state index contributed by atoms with van der Waals surface area (Å²) in [7, 11) is 0. The summed E-state index contributed by atoms with van der Waals surface area (Å²) in [4.78, 5) is 22.5. The van der Waals surface area contributed by atoms with Crippen molar-refractivity contribution < 1.29 is 9.18 Å². The van der Waals surface area contributed by atoms with E-state index >= 15 is 0 Å². The number of carbonyl (C=O) groups excluding carboxylic acids is 1. The van der Waals surface area contributed by atoms with Crippen LogP contribution in [-0.2, 0) is 10.5 Å². The molecule has 1 N–H and O–H groups in total. The summed E-state index contributed by atoms with van der Waals surface area (Å²) in [6.07, 6.45) is 0. The summed E-state index contributed by atoms with van der Waals surface area (Å²) in [5.41, 5.74) is 5.59. The van der Waals surface area contributed by atoms with E-state index in [4.69, 9.17) is 9.97 Å². The molecule has 0 spiro atoms. The molecule has 0 saturated carbocycles. The monoisotopic (exact) mass is 606 g/mol. The number of nitrogens with one attached hydrogen (secondary N) is 1. The normalized spacial score (nSPS) is 11.5. The van der Waals surface area contributed by atoms with Crippen molar-refractivity contribution in [1.29, 1.82) is 0 Å². The van der Waals surface area contributed by atoms with Crippen molar-refractivity contribution >= 4 is 78.5 Å². The minimum absolute atomic E-state index is 0.103. The van der Waals surface area contributed by atoms with Crippen LogP contribution in [-0.4, -0.2) is 26.2 Å². The van der Waals surface area contributed by atoms with Crippen molar-refractivity contribution in [2.24, 2.45) is 0 Å². The minimum Gasteiger partial charge on any atom is -0.325 e. The number of hydrogen-bond acceptors (Lipinski definition) is 6. The Labute approximate surface area is 253 Å². The number of nitrogens with zero attached hydrogens (tertiary/aromatic N) is 3. The van der Waals surface area contributed by atoms with Gasteiger partial charge in [0.1, 0.15) is 5.82 Å². The Balaban J connectivity index is 1.04. The first kappa shape index (κ1) is 26.7. The van der Waals surface area contributed by atoms with Crippen molar-refractivity contribution in [3.8, 4) is 5.69 Å². The van der Waals surface area contributed by atoms with E-state index in [2.05, 4.69) is 9.88 Å². The van der Waals surface area contributed by atoms with E-state index in [1.54, 1.807) is 23.1 Å². The third kappa shape index (κ3) is 5.38. The number of halogens is 1. The average Bonchev–Trinajstić information content (AvgIpc) is 3.61. The second kappa shape index (κ2) is 11.6. The zero-order valence-electron chi connectivity index (χ0n) is 22.2. The second-order valence-corrected chi connectivity index (χ2v) is 12.8. The predicted molar refractivity (Wildman–Crippen MR) is 174 cm³/mol. The molecule has 7 rings (SSSR count). The van der Waals surface area contributed by atoms with Gasteiger partial charge in [0.15, 0.2) is 9.50 Å². The molecule has 0 aliphatic heterocycles. The molecule has 2 aromatic heterocycles. The first-order valence-corrected chi connectivity index (χ1v) is 16.1. The van der Waals surface area contributed by atoms with Gasteiger partial charge >= 0.3 is 0 Å². The van der Waals surface area contributed by atoms with Crippen molar-refractivity contribution in [3.63, 3.8) is 0 Å². The zero-order chi connectivity index (χ0) is 28.5. The van der Waals surface area contributed by atoms with Crippen LogP contribution in [0.4, 0.5) is 10.1 Å². The molecule has 206 valence electrons. The number of hydrogen-bond donors (Lipinski definition) is 1. The van der Waals surface area contributed by atoms with Crippen LogP contribution in [0.5, 0.6) is 0 Å². The Hall–Kier alpha value is -4.18. The molecule has 0 aliphatic rings. The van der Waals surface area contributed by atoms with Gasteiger partial charge in [-0.05, 0) is 59.5 Å². The highest BCUT2D eigenvalue weighted by Gasteiger charge is 2.15. The van der Waals surface area contributed by atoms with Gasteiger partial charge in [0.05, 0.1) is 27.0 Å². The number of rotatable bonds is 8. The summed E-state index contributed by atoms with van der Waals surface area (Å²) in [6, 6.07) is 34.7. The van der Waals surface area contributed by atoms with Crippen LogP contribution in [0, 0.1) is 5.82 Å². The predicted octanol–water partition coefficient (Wildman–Crippen LogP) is 8.95. The minimum atomic E-state index is -0.206. The topological polar surface area (TPSA) is 59.8 Å². The quantitative estimate of drug-likeness (QED) is 0.175. The maximum Gasteiger partial charge on any atom is 0.234 e. The number of aromatic nitrogens is 3. The standard InChI is InChI=1S/C33H23FN4OS3/c34-26-16-14-21(24-10-4-5-11-25(24)26)19-41-33-37-28-17-15-22(18-30(28)42-33)35-31(39)20-40-32-36-27-12-6-7-13-29(27)38(32)23-8-2-1-3-9-23/h1-18H,19-20H2,(H,35,39). The number of imidazole rings is 1.